The average molecular weight is 269 g/mol. The summed E-state index contributed by atoms with van der Waals surface area (Å²) in [5.41, 5.74) is 0.954. The van der Waals surface area contributed by atoms with Gasteiger partial charge in [0.15, 0.2) is 0 Å². The van der Waals surface area contributed by atoms with Crippen LogP contribution < -0.4 is 5.32 Å². The Kier molecular flexibility index (Phi) is 6.76. The topological polar surface area (TPSA) is 32.3 Å². The first-order chi connectivity index (χ1) is 8.67. The van der Waals surface area contributed by atoms with Crippen molar-refractivity contribution >= 4 is 17.5 Å². The molecule has 1 aromatic rings. The lowest BCUT2D eigenvalue weighted by atomic mass is 10.2. The quantitative estimate of drug-likeness (QED) is 0.825. The van der Waals surface area contributed by atoms with Crippen LogP contribution in [0.1, 0.15) is 25.8 Å². The third-order valence-electron chi connectivity index (χ3n) is 2.98. The number of benzene rings is 1. The Morgan fingerprint density at radius 3 is 2.56 bits per heavy atom. The maximum Gasteiger partial charge on any atom is 0.221 e. The first-order valence-electron chi connectivity index (χ1n) is 6.39. The van der Waals surface area contributed by atoms with E-state index >= 15 is 0 Å². The largest absolute Gasteiger partial charge is 0.352 e. The van der Waals surface area contributed by atoms with Gasteiger partial charge in [0.05, 0.1) is 0 Å². The third-order valence-corrected chi connectivity index (χ3v) is 3.35. The van der Waals surface area contributed by atoms with Crippen molar-refractivity contribution in [1.29, 1.82) is 0 Å². The van der Waals surface area contributed by atoms with Gasteiger partial charge in [0.25, 0.3) is 0 Å². The molecule has 1 N–H and O–H groups in total. The van der Waals surface area contributed by atoms with Crippen molar-refractivity contribution in [2.45, 2.75) is 26.8 Å². The number of hydrogen-bond donors (Lipinski definition) is 1. The summed E-state index contributed by atoms with van der Waals surface area (Å²) in [5.74, 6) is 0.0711. The maximum atomic E-state index is 11.7. The van der Waals surface area contributed by atoms with Crippen LogP contribution in [0.2, 0.25) is 5.02 Å². The highest BCUT2D eigenvalue weighted by atomic mass is 35.5. The van der Waals surface area contributed by atoms with Crippen LogP contribution in [0.15, 0.2) is 24.3 Å². The summed E-state index contributed by atoms with van der Waals surface area (Å²) < 4.78 is 0. The van der Waals surface area contributed by atoms with Crippen LogP contribution in [-0.4, -0.2) is 30.4 Å². The molecule has 3 nitrogen and oxygen atoms in total. The van der Waals surface area contributed by atoms with E-state index in [2.05, 4.69) is 24.1 Å². The first kappa shape index (κ1) is 15.0. The number of nitrogens with zero attached hydrogens (tertiary/aromatic N) is 1. The number of amides is 1. The van der Waals surface area contributed by atoms with E-state index in [9.17, 15) is 4.79 Å². The predicted octanol–water partition coefficient (Wildman–Crippen LogP) is 2.69. The van der Waals surface area contributed by atoms with Gasteiger partial charge in [-0.25, -0.2) is 0 Å². The van der Waals surface area contributed by atoms with Gasteiger partial charge in [0.2, 0.25) is 5.91 Å². The van der Waals surface area contributed by atoms with Crippen molar-refractivity contribution in [1.82, 2.24) is 10.2 Å². The molecule has 0 saturated heterocycles. The summed E-state index contributed by atoms with van der Waals surface area (Å²) in [7, 11) is 0. The zero-order valence-corrected chi connectivity index (χ0v) is 11.8. The van der Waals surface area contributed by atoms with E-state index in [0.29, 0.717) is 18.0 Å². The van der Waals surface area contributed by atoms with E-state index in [1.54, 1.807) is 0 Å². The van der Waals surface area contributed by atoms with Gasteiger partial charge in [0.1, 0.15) is 0 Å². The monoisotopic (exact) mass is 268 g/mol. The van der Waals surface area contributed by atoms with Crippen molar-refractivity contribution in [3.8, 4) is 0 Å². The normalized spacial score (nSPS) is 10.7. The fraction of sp³-hybridized carbons (Fsp3) is 0.500. The molecule has 18 heavy (non-hydrogen) atoms. The molecule has 1 aromatic carbocycles. The lowest BCUT2D eigenvalue weighted by Gasteiger charge is -2.17. The zero-order valence-electron chi connectivity index (χ0n) is 11.1. The fourth-order valence-corrected chi connectivity index (χ4v) is 1.93. The van der Waals surface area contributed by atoms with Crippen molar-refractivity contribution in [2.24, 2.45) is 0 Å². The van der Waals surface area contributed by atoms with Gasteiger partial charge in [-0.15, -0.1) is 0 Å². The molecule has 0 spiro atoms. The maximum absolute atomic E-state index is 11.7. The smallest absolute Gasteiger partial charge is 0.221 e. The predicted molar refractivity (Wildman–Crippen MR) is 75.7 cm³/mol. The number of nitrogens with one attached hydrogen (secondary N) is 1. The summed E-state index contributed by atoms with van der Waals surface area (Å²) >= 11 is 6.02. The molecular weight excluding hydrogens is 248 g/mol. The standard InChI is InChI=1S/C14H21ClN2O/c1-3-17(4-2)10-9-14(18)16-11-12-7-5-6-8-13(12)15/h5-8H,3-4,9-11H2,1-2H3,(H,16,18). The molecule has 0 fully saturated rings. The second-order valence-corrected chi connectivity index (χ2v) is 4.55. The summed E-state index contributed by atoms with van der Waals surface area (Å²) in [6.07, 6.45) is 0.534. The third kappa shape index (κ3) is 5.07. The van der Waals surface area contributed by atoms with Gasteiger partial charge < -0.3 is 10.2 Å². The highest BCUT2D eigenvalue weighted by molar-refractivity contribution is 6.31. The Hall–Kier alpha value is -1.06. The second-order valence-electron chi connectivity index (χ2n) is 4.15. The highest BCUT2D eigenvalue weighted by Crippen LogP contribution is 2.14. The van der Waals surface area contributed by atoms with Crippen LogP contribution in [-0.2, 0) is 11.3 Å². The van der Waals surface area contributed by atoms with Crippen LogP contribution >= 0.6 is 11.6 Å². The molecule has 0 heterocycles. The molecule has 0 aliphatic heterocycles. The molecule has 0 aliphatic rings. The van der Waals surface area contributed by atoms with Crippen LogP contribution in [0.5, 0.6) is 0 Å². The molecule has 0 bridgehead atoms. The molecule has 1 rings (SSSR count). The van der Waals surface area contributed by atoms with Crippen molar-refractivity contribution in [3.05, 3.63) is 34.9 Å². The van der Waals surface area contributed by atoms with E-state index in [4.69, 9.17) is 11.6 Å². The summed E-state index contributed by atoms with van der Waals surface area (Å²) in [4.78, 5) is 13.9. The molecule has 100 valence electrons. The summed E-state index contributed by atoms with van der Waals surface area (Å²) in [5, 5.41) is 3.59. The van der Waals surface area contributed by atoms with E-state index in [-0.39, 0.29) is 5.91 Å². The minimum absolute atomic E-state index is 0.0711. The Balaban J connectivity index is 2.31. The minimum atomic E-state index is 0.0711. The minimum Gasteiger partial charge on any atom is -0.352 e. The lowest BCUT2D eigenvalue weighted by Crippen LogP contribution is -2.30. The molecule has 1 amide bonds. The molecule has 0 unspecified atom stereocenters. The fourth-order valence-electron chi connectivity index (χ4n) is 1.72. The Labute approximate surface area is 114 Å². The Bertz CT molecular complexity index is 378. The Morgan fingerprint density at radius 1 is 1.28 bits per heavy atom. The molecule has 0 aromatic heterocycles. The molecule has 4 heteroatoms. The first-order valence-corrected chi connectivity index (χ1v) is 6.77. The van der Waals surface area contributed by atoms with Gasteiger partial charge in [-0.2, -0.15) is 0 Å². The van der Waals surface area contributed by atoms with E-state index in [0.717, 1.165) is 25.2 Å². The lowest BCUT2D eigenvalue weighted by molar-refractivity contribution is -0.121. The molecule has 0 aliphatic carbocycles. The second kappa shape index (κ2) is 8.11. The zero-order chi connectivity index (χ0) is 13.4. The van der Waals surface area contributed by atoms with Crippen molar-refractivity contribution in [2.75, 3.05) is 19.6 Å². The summed E-state index contributed by atoms with van der Waals surface area (Å²) in [6, 6.07) is 7.56. The number of hydrogen-bond acceptors (Lipinski definition) is 2. The van der Waals surface area contributed by atoms with Crippen LogP contribution in [0.3, 0.4) is 0 Å². The van der Waals surface area contributed by atoms with Gasteiger partial charge in [-0.3, -0.25) is 4.79 Å². The molecular formula is C14H21ClN2O. The number of carbonyl (C=O) groups is 1. The van der Waals surface area contributed by atoms with Gasteiger partial charge in [0, 0.05) is 24.5 Å². The van der Waals surface area contributed by atoms with E-state index in [1.807, 2.05) is 24.3 Å². The van der Waals surface area contributed by atoms with E-state index < -0.39 is 0 Å². The molecule has 0 radical (unpaired) electrons. The van der Waals surface area contributed by atoms with Crippen molar-refractivity contribution < 1.29 is 4.79 Å². The van der Waals surface area contributed by atoms with Gasteiger partial charge >= 0.3 is 0 Å². The SMILES string of the molecule is CCN(CC)CCC(=O)NCc1ccccc1Cl. The van der Waals surface area contributed by atoms with Crippen LogP contribution in [0, 0.1) is 0 Å². The number of carbonyl (C=O) groups excluding carboxylic acids is 1. The van der Waals surface area contributed by atoms with Crippen molar-refractivity contribution in [3.63, 3.8) is 0 Å². The van der Waals surface area contributed by atoms with Crippen LogP contribution in [0.4, 0.5) is 0 Å². The average Bonchev–Trinajstić information content (AvgIpc) is 2.39. The Morgan fingerprint density at radius 2 is 1.94 bits per heavy atom. The number of rotatable bonds is 7. The molecule has 0 atom stereocenters. The van der Waals surface area contributed by atoms with E-state index in [1.165, 1.54) is 0 Å². The highest BCUT2D eigenvalue weighted by Gasteiger charge is 2.06. The molecule has 0 saturated carbocycles. The number of halogens is 1. The summed E-state index contributed by atoms with van der Waals surface area (Å²) in [6.45, 7) is 7.47. The van der Waals surface area contributed by atoms with Gasteiger partial charge in [-0.05, 0) is 24.7 Å². The van der Waals surface area contributed by atoms with Crippen LogP contribution in [0.25, 0.3) is 0 Å². The van der Waals surface area contributed by atoms with Gasteiger partial charge in [-0.1, -0.05) is 43.6 Å².